The summed E-state index contributed by atoms with van der Waals surface area (Å²) in [5.74, 6) is 0. The van der Waals surface area contributed by atoms with Crippen LogP contribution in [0.2, 0.25) is 0 Å². The summed E-state index contributed by atoms with van der Waals surface area (Å²) in [7, 11) is 0.0283. The maximum atomic E-state index is 11.4. The van der Waals surface area contributed by atoms with Crippen molar-refractivity contribution in [3.05, 3.63) is 0 Å². The highest BCUT2D eigenvalue weighted by Crippen LogP contribution is 2.31. The predicted molar refractivity (Wildman–Crippen MR) is 63.9 cm³/mol. The standard InChI is InChI=1S/C10H18O3S2/c11-7-5-3-1-2-4-6-9-8-10(12)14-15(9)13/h9,11H,1-8H2/t9-,15-/m0/s1. The van der Waals surface area contributed by atoms with Gasteiger partial charge in [-0.15, -0.1) is 0 Å². The van der Waals surface area contributed by atoms with E-state index in [0.717, 1.165) is 49.3 Å². The minimum Gasteiger partial charge on any atom is -0.396 e. The van der Waals surface area contributed by atoms with E-state index in [2.05, 4.69) is 0 Å². The van der Waals surface area contributed by atoms with Gasteiger partial charge >= 0.3 is 0 Å². The van der Waals surface area contributed by atoms with Gasteiger partial charge in [-0.2, -0.15) is 0 Å². The van der Waals surface area contributed by atoms with Gasteiger partial charge in [0.2, 0.25) is 5.12 Å². The van der Waals surface area contributed by atoms with Crippen LogP contribution in [0.3, 0.4) is 0 Å². The van der Waals surface area contributed by atoms with E-state index in [0.29, 0.717) is 6.42 Å². The number of unbranched alkanes of at least 4 members (excludes halogenated alkanes) is 4. The van der Waals surface area contributed by atoms with Crippen molar-refractivity contribution in [2.75, 3.05) is 6.61 Å². The molecular formula is C10H18O3S2. The Labute approximate surface area is 96.9 Å². The summed E-state index contributed by atoms with van der Waals surface area (Å²) in [6.45, 7) is 0.276. The normalized spacial score (nSPS) is 26.1. The van der Waals surface area contributed by atoms with E-state index >= 15 is 0 Å². The second kappa shape index (κ2) is 7.41. The first-order chi connectivity index (χ1) is 7.24. The van der Waals surface area contributed by atoms with Crippen LogP contribution in [0.1, 0.15) is 44.9 Å². The summed E-state index contributed by atoms with van der Waals surface area (Å²) in [6.07, 6.45) is 6.64. The Bertz CT molecular complexity index is 231. The average molecular weight is 250 g/mol. The molecule has 0 amide bonds. The van der Waals surface area contributed by atoms with Gasteiger partial charge in [-0.1, -0.05) is 25.7 Å². The first-order valence-corrected chi connectivity index (χ1v) is 8.01. The molecule has 1 aliphatic rings. The van der Waals surface area contributed by atoms with Crippen LogP contribution >= 0.6 is 10.8 Å². The Morgan fingerprint density at radius 1 is 1.27 bits per heavy atom. The van der Waals surface area contributed by atoms with Crippen molar-refractivity contribution in [2.45, 2.75) is 50.2 Å². The monoisotopic (exact) mass is 250 g/mol. The summed E-state index contributed by atoms with van der Waals surface area (Å²) in [5.41, 5.74) is 0. The van der Waals surface area contributed by atoms with E-state index in [9.17, 15) is 9.00 Å². The highest BCUT2D eigenvalue weighted by Gasteiger charge is 2.30. The molecule has 15 heavy (non-hydrogen) atoms. The molecule has 0 bridgehead atoms. The Morgan fingerprint density at radius 2 is 1.93 bits per heavy atom. The molecule has 3 nitrogen and oxygen atoms in total. The van der Waals surface area contributed by atoms with Crippen LogP contribution in [0, 0.1) is 0 Å². The van der Waals surface area contributed by atoms with Gasteiger partial charge in [-0.05, 0) is 12.8 Å². The number of hydrogen-bond acceptors (Lipinski definition) is 4. The molecule has 1 fully saturated rings. The van der Waals surface area contributed by atoms with Gasteiger partial charge in [0.1, 0.15) is 0 Å². The molecule has 1 N–H and O–H groups in total. The van der Waals surface area contributed by atoms with Crippen molar-refractivity contribution in [1.29, 1.82) is 0 Å². The molecule has 1 aliphatic heterocycles. The SMILES string of the molecule is O=C1C[C@H](CCCCCCCO)[S@@](=O)S1. The number of aliphatic hydroxyl groups excluding tert-OH is 1. The molecule has 1 rings (SSSR count). The third-order valence-corrected chi connectivity index (χ3v) is 5.86. The molecule has 2 atom stereocenters. The van der Waals surface area contributed by atoms with Gasteiger partial charge in [-0.3, -0.25) is 4.79 Å². The second-order valence-corrected chi connectivity index (χ2v) is 7.12. The molecule has 0 saturated carbocycles. The second-order valence-electron chi connectivity index (χ2n) is 3.82. The third-order valence-electron chi connectivity index (χ3n) is 2.53. The summed E-state index contributed by atoms with van der Waals surface area (Å²) >= 11 is 0. The fourth-order valence-corrected chi connectivity index (χ4v) is 4.66. The number of carbonyl (C=O) groups is 1. The molecule has 1 saturated heterocycles. The Kier molecular flexibility index (Phi) is 6.52. The van der Waals surface area contributed by atoms with Crippen LogP contribution in [0.15, 0.2) is 0 Å². The minimum absolute atomic E-state index is 0.0820. The lowest BCUT2D eigenvalue weighted by atomic mass is 10.1. The van der Waals surface area contributed by atoms with E-state index in [-0.39, 0.29) is 17.0 Å². The molecule has 0 aromatic heterocycles. The lowest BCUT2D eigenvalue weighted by Gasteiger charge is -2.05. The quantitative estimate of drug-likeness (QED) is 0.555. The topological polar surface area (TPSA) is 54.4 Å². The third kappa shape index (κ3) is 5.13. The largest absolute Gasteiger partial charge is 0.396 e. The minimum atomic E-state index is -0.972. The zero-order chi connectivity index (χ0) is 11.1. The maximum Gasteiger partial charge on any atom is 0.202 e. The van der Waals surface area contributed by atoms with Crippen molar-refractivity contribution in [3.8, 4) is 0 Å². The van der Waals surface area contributed by atoms with Crippen molar-refractivity contribution in [3.63, 3.8) is 0 Å². The smallest absolute Gasteiger partial charge is 0.202 e. The molecule has 0 aliphatic carbocycles. The molecule has 0 unspecified atom stereocenters. The molecule has 5 heteroatoms. The Balaban J connectivity index is 2.00. The van der Waals surface area contributed by atoms with Crippen molar-refractivity contribution in [2.24, 2.45) is 0 Å². The summed E-state index contributed by atoms with van der Waals surface area (Å²) in [5, 5.41) is 8.76. The van der Waals surface area contributed by atoms with Gasteiger partial charge in [0, 0.05) is 23.8 Å². The predicted octanol–water partition coefficient (Wildman–Crippen LogP) is 2.02. The highest BCUT2D eigenvalue weighted by molar-refractivity contribution is 8.76. The summed E-state index contributed by atoms with van der Waals surface area (Å²) in [6, 6.07) is 0. The molecule has 0 spiro atoms. The first-order valence-electron chi connectivity index (χ1n) is 5.46. The van der Waals surface area contributed by atoms with Gasteiger partial charge in [-0.25, -0.2) is 4.21 Å². The lowest BCUT2D eigenvalue weighted by Crippen LogP contribution is -2.06. The number of carbonyl (C=O) groups excluding carboxylic acids is 1. The zero-order valence-corrected chi connectivity index (χ0v) is 10.4. The van der Waals surface area contributed by atoms with Crippen molar-refractivity contribution >= 4 is 25.7 Å². The van der Waals surface area contributed by atoms with Crippen LogP contribution in [0.25, 0.3) is 0 Å². The van der Waals surface area contributed by atoms with Gasteiger partial charge < -0.3 is 5.11 Å². The summed E-state index contributed by atoms with van der Waals surface area (Å²) < 4.78 is 11.4. The van der Waals surface area contributed by atoms with Crippen LogP contribution < -0.4 is 0 Å². The molecule has 0 radical (unpaired) electrons. The number of aliphatic hydroxyl groups is 1. The fraction of sp³-hybridized carbons (Fsp3) is 0.900. The molecule has 0 aromatic carbocycles. The van der Waals surface area contributed by atoms with E-state index in [4.69, 9.17) is 5.11 Å². The number of rotatable bonds is 7. The lowest BCUT2D eigenvalue weighted by molar-refractivity contribution is -0.110. The van der Waals surface area contributed by atoms with Gasteiger partial charge in [0.05, 0.1) is 15.1 Å². The van der Waals surface area contributed by atoms with E-state index < -0.39 is 9.83 Å². The van der Waals surface area contributed by atoms with E-state index in [1.54, 1.807) is 0 Å². The highest BCUT2D eigenvalue weighted by atomic mass is 33.1. The van der Waals surface area contributed by atoms with Gasteiger partial charge in [0.15, 0.2) is 0 Å². The summed E-state index contributed by atoms with van der Waals surface area (Å²) in [4.78, 5) is 11.0. The molecule has 88 valence electrons. The molecule has 1 heterocycles. The van der Waals surface area contributed by atoms with Crippen molar-refractivity contribution in [1.82, 2.24) is 0 Å². The Morgan fingerprint density at radius 3 is 2.53 bits per heavy atom. The first kappa shape index (κ1) is 13.2. The van der Waals surface area contributed by atoms with Crippen LogP contribution in [0.4, 0.5) is 0 Å². The molecular weight excluding hydrogens is 232 g/mol. The number of hydrogen-bond donors (Lipinski definition) is 1. The fourth-order valence-electron chi connectivity index (χ4n) is 1.66. The van der Waals surface area contributed by atoms with Crippen LogP contribution in [0.5, 0.6) is 0 Å². The van der Waals surface area contributed by atoms with E-state index in [1.807, 2.05) is 0 Å². The maximum absolute atomic E-state index is 11.4. The van der Waals surface area contributed by atoms with Crippen molar-refractivity contribution < 1.29 is 14.1 Å². The van der Waals surface area contributed by atoms with Crippen LogP contribution in [-0.4, -0.2) is 26.3 Å². The zero-order valence-electron chi connectivity index (χ0n) is 8.81. The van der Waals surface area contributed by atoms with E-state index in [1.165, 1.54) is 0 Å². The Hall–Kier alpha value is 0.130. The molecule has 0 aromatic rings. The van der Waals surface area contributed by atoms with Gasteiger partial charge in [0.25, 0.3) is 0 Å². The average Bonchev–Trinajstić information content (AvgIpc) is 2.51. The van der Waals surface area contributed by atoms with Crippen LogP contribution in [-0.2, 0) is 14.6 Å².